The Balaban J connectivity index is 1.44. The standard InChI is InChI=1S/C24H28N4O2/c1-2-11-25-22(29)16-28-13-9-18(10-14-28)27-24(30)21-15-17-6-3-4-7-19(17)20-8-5-12-26-23(20)21/h3-8,12,15,18H,2,9-11,13-14,16H2,1H3,(H,25,29)(H,27,30). The fourth-order valence-corrected chi connectivity index (χ4v) is 4.12. The Labute approximate surface area is 176 Å². The van der Waals surface area contributed by atoms with Gasteiger partial charge in [0.05, 0.1) is 17.6 Å². The van der Waals surface area contributed by atoms with Gasteiger partial charge in [0.1, 0.15) is 0 Å². The summed E-state index contributed by atoms with van der Waals surface area (Å²) in [5.74, 6) is -0.00312. The second kappa shape index (κ2) is 9.22. The lowest BCUT2D eigenvalue weighted by molar-refractivity contribution is -0.122. The van der Waals surface area contributed by atoms with Gasteiger partial charge in [-0.3, -0.25) is 19.5 Å². The molecule has 1 fully saturated rings. The minimum absolute atomic E-state index is 0.0769. The number of carbonyl (C=O) groups is 2. The molecule has 6 heteroatoms. The molecular formula is C24H28N4O2. The van der Waals surface area contributed by atoms with Crippen LogP contribution in [-0.2, 0) is 4.79 Å². The van der Waals surface area contributed by atoms with Crippen molar-refractivity contribution in [2.24, 2.45) is 0 Å². The number of hydrogen-bond acceptors (Lipinski definition) is 4. The normalized spacial score (nSPS) is 15.4. The molecule has 4 rings (SSSR count). The molecule has 0 radical (unpaired) electrons. The molecule has 0 saturated carbocycles. The highest BCUT2D eigenvalue weighted by atomic mass is 16.2. The van der Waals surface area contributed by atoms with Crippen molar-refractivity contribution in [3.8, 4) is 0 Å². The summed E-state index contributed by atoms with van der Waals surface area (Å²) >= 11 is 0. The number of amides is 2. The third-order valence-corrected chi connectivity index (χ3v) is 5.72. The van der Waals surface area contributed by atoms with Crippen molar-refractivity contribution >= 4 is 33.5 Å². The molecule has 0 aliphatic carbocycles. The van der Waals surface area contributed by atoms with Crippen LogP contribution in [0.5, 0.6) is 0 Å². The summed E-state index contributed by atoms with van der Waals surface area (Å²) in [5, 5.41) is 9.25. The first-order valence-corrected chi connectivity index (χ1v) is 10.7. The Hall–Kier alpha value is -2.99. The van der Waals surface area contributed by atoms with Gasteiger partial charge in [-0.2, -0.15) is 0 Å². The van der Waals surface area contributed by atoms with Crippen LogP contribution in [0, 0.1) is 0 Å². The van der Waals surface area contributed by atoms with Crippen molar-refractivity contribution in [3.63, 3.8) is 0 Å². The number of aromatic nitrogens is 1. The molecule has 2 N–H and O–H groups in total. The molecule has 156 valence electrons. The Morgan fingerprint density at radius 3 is 2.67 bits per heavy atom. The molecular weight excluding hydrogens is 376 g/mol. The number of nitrogens with zero attached hydrogens (tertiary/aromatic N) is 2. The van der Waals surface area contributed by atoms with E-state index in [9.17, 15) is 9.59 Å². The van der Waals surface area contributed by atoms with Crippen LogP contribution in [-0.4, -0.2) is 53.9 Å². The van der Waals surface area contributed by atoms with E-state index in [1.807, 2.05) is 43.3 Å². The molecule has 0 bridgehead atoms. The van der Waals surface area contributed by atoms with E-state index in [1.165, 1.54) is 0 Å². The van der Waals surface area contributed by atoms with Gasteiger partial charge in [0, 0.05) is 37.3 Å². The summed E-state index contributed by atoms with van der Waals surface area (Å²) in [7, 11) is 0. The van der Waals surface area contributed by atoms with E-state index in [-0.39, 0.29) is 17.9 Å². The van der Waals surface area contributed by atoms with Gasteiger partial charge in [-0.25, -0.2) is 0 Å². The predicted octanol–water partition coefficient (Wildman–Crippen LogP) is 3.11. The molecule has 0 spiro atoms. The second-order valence-electron chi connectivity index (χ2n) is 7.92. The summed E-state index contributed by atoms with van der Waals surface area (Å²) < 4.78 is 0. The maximum atomic E-state index is 13.1. The van der Waals surface area contributed by atoms with Crippen LogP contribution in [0.3, 0.4) is 0 Å². The lowest BCUT2D eigenvalue weighted by Crippen LogP contribution is -2.47. The minimum Gasteiger partial charge on any atom is -0.355 e. The molecule has 0 unspecified atom stereocenters. The first-order valence-electron chi connectivity index (χ1n) is 10.7. The largest absolute Gasteiger partial charge is 0.355 e. The van der Waals surface area contributed by atoms with Crippen molar-refractivity contribution < 1.29 is 9.59 Å². The molecule has 3 aromatic rings. The zero-order valence-corrected chi connectivity index (χ0v) is 17.4. The number of rotatable bonds is 6. The van der Waals surface area contributed by atoms with Crippen LogP contribution in [0.2, 0.25) is 0 Å². The smallest absolute Gasteiger partial charge is 0.253 e. The third kappa shape index (κ3) is 4.44. The van der Waals surface area contributed by atoms with Gasteiger partial charge >= 0.3 is 0 Å². The van der Waals surface area contributed by atoms with E-state index in [0.29, 0.717) is 12.1 Å². The van der Waals surface area contributed by atoms with Gasteiger partial charge in [0.15, 0.2) is 0 Å². The SMILES string of the molecule is CCCNC(=O)CN1CCC(NC(=O)c2cc3ccccc3c3cccnc23)CC1. The molecule has 2 aromatic carbocycles. The highest BCUT2D eigenvalue weighted by molar-refractivity contribution is 6.15. The fourth-order valence-electron chi connectivity index (χ4n) is 4.12. The first kappa shape index (κ1) is 20.3. The molecule has 2 heterocycles. The minimum atomic E-state index is -0.0800. The Morgan fingerprint density at radius 1 is 1.10 bits per heavy atom. The van der Waals surface area contributed by atoms with Crippen molar-refractivity contribution in [2.45, 2.75) is 32.2 Å². The first-order chi connectivity index (χ1) is 14.7. The Morgan fingerprint density at radius 2 is 1.87 bits per heavy atom. The number of piperidine rings is 1. The summed E-state index contributed by atoms with van der Waals surface area (Å²) in [6, 6.07) is 14.1. The van der Waals surface area contributed by atoms with Crippen molar-refractivity contribution in [2.75, 3.05) is 26.2 Å². The van der Waals surface area contributed by atoms with E-state index < -0.39 is 0 Å². The zero-order chi connectivity index (χ0) is 20.9. The number of hydrogen-bond donors (Lipinski definition) is 2. The zero-order valence-electron chi connectivity index (χ0n) is 17.4. The summed E-state index contributed by atoms with van der Waals surface area (Å²) in [6.45, 7) is 4.81. The van der Waals surface area contributed by atoms with Gasteiger partial charge < -0.3 is 10.6 Å². The third-order valence-electron chi connectivity index (χ3n) is 5.72. The van der Waals surface area contributed by atoms with Crippen LogP contribution >= 0.6 is 0 Å². The van der Waals surface area contributed by atoms with Crippen LogP contribution in [0.4, 0.5) is 0 Å². The van der Waals surface area contributed by atoms with E-state index >= 15 is 0 Å². The molecule has 1 aliphatic rings. The van der Waals surface area contributed by atoms with E-state index in [0.717, 1.165) is 60.6 Å². The van der Waals surface area contributed by atoms with Crippen LogP contribution < -0.4 is 10.6 Å². The van der Waals surface area contributed by atoms with E-state index in [1.54, 1.807) is 6.20 Å². The number of benzene rings is 2. The summed E-state index contributed by atoms with van der Waals surface area (Å²) in [5.41, 5.74) is 1.35. The number of likely N-dealkylation sites (tertiary alicyclic amines) is 1. The number of pyridine rings is 1. The number of carbonyl (C=O) groups excluding carboxylic acids is 2. The number of fused-ring (bicyclic) bond motifs is 3. The monoisotopic (exact) mass is 404 g/mol. The molecule has 30 heavy (non-hydrogen) atoms. The van der Waals surface area contributed by atoms with Crippen molar-refractivity contribution in [1.82, 2.24) is 20.5 Å². The van der Waals surface area contributed by atoms with Crippen LogP contribution in [0.1, 0.15) is 36.5 Å². The maximum Gasteiger partial charge on any atom is 0.253 e. The summed E-state index contributed by atoms with van der Waals surface area (Å²) in [6.07, 6.45) is 4.35. The highest BCUT2D eigenvalue weighted by Crippen LogP contribution is 2.27. The van der Waals surface area contributed by atoms with Gasteiger partial charge in [-0.1, -0.05) is 37.3 Å². The van der Waals surface area contributed by atoms with Crippen LogP contribution in [0.25, 0.3) is 21.7 Å². The fraction of sp³-hybridized carbons (Fsp3) is 0.375. The Kier molecular flexibility index (Phi) is 6.23. The van der Waals surface area contributed by atoms with Gasteiger partial charge in [-0.15, -0.1) is 0 Å². The van der Waals surface area contributed by atoms with Crippen molar-refractivity contribution in [1.29, 1.82) is 0 Å². The lowest BCUT2D eigenvalue weighted by atomic mass is 9.99. The average Bonchev–Trinajstić information content (AvgIpc) is 2.78. The summed E-state index contributed by atoms with van der Waals surface area (Å²) in [4.78, 5) is 31.7. The lowest BCUT2D eigenvalue weighted by Gasteiger charge is -2.31. The average molecular weight is 405 g/mol. The van der Waals surface area contributed by atoms with E-state index in [2.05, 4.69) is 26.6 Å². The topological polar surface area (TPSA) is 74.3 Å². The van der Waals surface area contributed by atoms with Crippen LogP contribution in [0.15, 0.2) is 48.7 Å². The maximum absolute atomic E-state index is 13.1. The van der Waals surface area contributed by atoms with E-state index in [4.69, 9.17) is 0 Å². The van der Waals surface area contributed by atoms with Gasteiger partial charge in [0.2, 0.25) is 5.91 Å². The predicted molar refractivity (Wildman–Crippen MR) is 119 cm³/mol. The van der Waals surface area contributed by atoms with Crippen molar-refractivity contribution in [3.05, 3.63) is 54.2 Å². The quantitative estimate of drug-likeness (QED) is 0.619. The molecule has 6 nitrogen and oxygen atoms in total. The molecule has 0 atom stereocenters. The second-order valence-corrected chi connectivity index (χ2v) is 7.92. The molecule has 1 aromatic heterocycles. The molecule has 1 aliphatic heterocycles. The molecule has 1 saturated heterocycles. The number of nitrogens with one attached hydrogen (secondary N) is 2. The highest BCUT2D eigenvalue weighted by Gasteiger charge is 2.23. The Bertz CT molecular complexity index is 1060. The molecule has 2 amide bonds. The van der Waals surface area contributed by atoms with Gasteiger partial charge in [-0.05, 0) is 42.2 Å². The van der Waals surface area contributed by atoms with Gasteiger partial charge in [0.25, 0.3) is 5.91 Å².